The first-order valence-electron chi connectivity index (χ1n) is 9.75. The predicted octanol–water partition coefficient (Wildman–Crippen LogP) is 3.26. The molecule has 0 aliphatic carbocycles. The van der Waals surface area contributed by atoms with E-state index in [2.05, 4.69) is 9.80 Å². The lowest BCUT2D eigenvalue weighted by Gasteiger charge is -2.37. The molecule has 0 saturated carbocycles. The number of rotatable bonds is 5. The molecule has 2 fully saturated rings. The Morgan fingerprint density at radius 1 is 1.15 bits per heavy atom. The van der Waals surface area contributed by atoms with Crippen molar-refractivity contribution in [3.8, 4) is 23.0 Å². The van der Waals surface area contributed by atoms with E-state index in [1.165, 1.54) is 25.9 Å². The monoisotopic (exact) mass is 371 g/mol. The summed E-state index contributed by atoms with van der Waals surface area (Å²) in [6.07, 6.45) is 2.66. The first-order chi connectivity index (χ1) is 13.1. The van der Waals surface area contributed by atoms with Gasteiger partial charge in [-0.1, -0.05) is 0 Å². The van der Waals surface area contributed by atoms with E-state index in [4.69, 9.17) is 18.9 Å². The molecule has 3 heterocycles. The van der Waals surface area contributed by atoms with Crippen LogP contribution < -0.4 is 9.47 Å². The van der Waals surface area contributed by atoms with Crippen LogP contribution in [0.1, 0.15) is 29.9 Å². The standard InChI is InChI=1S/C21H29N3O3/c1-14-19(25-3)8-7-17(20(14)26-4)21-22-18(15(2)27-21)13-23-10-11-24-9-5-6-16(24)12-23/h7-8,16H,5-6,9-13H2,1-4H3/t16-/m0/s1. The number of hydrogen-bond acceptors (Lipinski definition) is 6. The molecule has 2 saturated heterocycles. The van der Waals surface area contributed by atoms with Gasteiger partial charge in [-0.3, -0.25) is 9.80 Å². The Labute approximate surface area is 161 Å². The lowest BCUT2D eigenvalue weighted by atomic mass is 10.1. The van der Waals surface area contributed by atoms with Crippen LogP contribution in [0.5, 0.6) is 11.5 Å². The number of nitrogens with zero attached hydrogens (tertiary/aromatic N) is 3. The van der Waals surface area contributed by atoms with Crippen LogP contribution in [0.25, 0.3) is 11.5 Å². The largest absolute Gasteiger partial charge is 0.496 e. The van der Waals surface area contributed by atoms with Crippen molar-refractivity contribution in [2.24, 2.45) is 0 Å². The average Bonchev–Trinajstić information content (AvgIpc) is 3.28. The molecule has 6 nitrogen and oxygen atoms in total. The topological polar surface area (TPSA) is 51.0 Å². The lowest BCUT2D eigenvalue weighted by molar-refractivity contribution is 0.0982. The Morgan fingerprint density at radius 2 is 2.00 bits per heavy atom. The molecular weight excluding hydrogens is 342 g/mol. The zero-order valence-electron chi connectivity index (χ0n) is 16.7. The first-order valence-corrected chi connectivity index (χ1v) is 9.75. The van der Waals surface area contributed by atoms with E-state index in [-0.39, 0.29) is 0 Å². The van der Waals surface area contributed by atoms with Crippen LogP contribution in [-0.4, -0.2) is 61.2 Å². The summed E-state index contributed by atoms with van der Waals surface area (Å²) in [5.74, 6) is 3.05. The smallest absolute Gasteiger partial charge is 0.230 e. The van der Waals surface area contributed by atoms with Gasteiger partial charge in [0.1, 0.15) is 17.3 Å². The molecule has 1 aromatic heterocycles. The molecule has 0 amide bonds. The maximum atomic E-state index is 6.03. The van der Waals surface area contributed by atoms with Gasteiger partial charge in [-0.25, -0.2) is 4.98 Å². The van der Waals surface area contributed by atoms with Crippen LogP contribution in [0.4, 0.5) is 0 Å². The number of ether oxygens (including phenoxy) is 2. The van der Waals surface area contributed by atoms with E-state index < -0.39 is 0 Å². The highest BCUT2D eigenvalue weighted by atomic mass is 16.5. The normalized spacial score (nSPS) is 20.7. The van der Waals surface area contributed by atoms with Gasteiger partial charge in [0.15, 0.2) is 0 Å². The van der Waals surface area contributed by atoms with Crippen molar-refractivity contribution in [3.05, 3.63) is 29.2 Å². The van der Waals surface area contributed by atoms with Gasteiger partial charge >= 0.3 is 0 Å². The summed E-state index contributed by atoms with van der Waals surface area (Å²) in [5.41, 5.74) is 2.84. The Hall–Kier alpha value is -2.05. The molecule has 0 bridgehead atoms. The van der Waals surface area contributed by atoms with Gasteiger partial charge < -0.3 is 13.9 Å². The number of oxazole rings is 1. The van der Waals surface area contributed by atoms with Gasteiger partial charge in [-0.15, -0.1) is 0 Å². The van der Waals surface area contributed by atoms with Crippen molar-refractivity contribution in [1.29, 1.82) is 0 Å². The number of aryl methyl sites for hydroxylation is 1. The van der Waals surface area contributed by atoms with Crippen LogP contribution in [0, 0.1) is 13.8 Å². The van der Waals surface area contributed by atoms with Gasteiger partial charge in [-0.2, -0.15) is 0 Å². The lowest BCUT2D eigenvalue weighted by Crippen LogP contribution is -2.49. The molecule has 2 aromatic rings. The summed E-state index contributed by atoms with van der Waals surface area (Å²) in [6, 6.07) is 4.61. The molecule has 146 valence electrons. The van der Waals surface area contributed by atoms with Gasteiger partial charge in [0, 0.05) is 37.8 Å². The fraction of sp³-hybridized carbons (Fsp3) is 0.571. The molecule has 2 aliphatic heterocycles. The minimum absolute atomic E-state index is 0.615. The number of piperazine rings is 1. The van der Waals surface area contributed by atoms with Crippen molar-refractivity contribution >= 4 is 0 Å². The van der Waals surface area contributed by atoms with E-state index in [9.17, 15) is 0 Å². The molecule has 4 rings (SSSR count). The molecule has 0 N–H and O–H groups in total. The predicted molar refractivity (Wildman–Crippen MR) is 104 cm³/mol. The molecule has 2 aliphatic rings. The molecular formula is C21H29N3O3. The highest BCUT2D eigenvalue weighted by molar-refractivity contribution is 5.68. The summed E-state index contributed by atoms with van der Waals surface area (Å²) >= 11 is 0. The quantitative estimate of drug-likeness (QED) is 0.804. The van der Waals surface area contributed by atoms with E-state index >= 15 is 0 Å². The van der Waals surface area contributed by atoms with Crippen LogP contribution in [0.2, 0.25) is 0 Å². The number of hydrogen-bond donors (Lipinski definition) is 0. The van der Waals surface area contributed by atoms with Gasteiger partial charge in [0.2, 0.25) is 5.89 Å². The number of aromatic nitrogens is 1. The second-order valence-electron chi connectivity index (χ2n) is 7.56. The molecule has 6 heteroatoms. The second kappa shape index (κ2) is 7.52. The van der Waals surface area contributed by atoms with Crippen molar-refractivity contribution in [2.45, 2.75) is 39.3 Å². The molecule has 0 radical (unpaired) electrons. The molecule has 0 unspecified atom stereocenters. The third-order valence-corrected chi connectivity index (χ3v) is 5.95. The Morgan fingerprint density at radius 3 is 2.78 bits per heavy atom. The van der Waals surface area contributed by atoms with Crippen LogP contribution >= 0.6 is 0 Å². The van der Waals surface area contributed by atoms with Crippen LogP contribution in [-0.2, 0) is 6.54 Å². The summed E-state index contributed by atoms with van der Waals surface area (Å²) in [5, 5.41) is 0. The van der Waals surface area contributed by atoms with Crippen LogP contribution in [0.3, 0.4) is 0 Å². The highest BCUT2D eigenvalue weighted by Gasteiger charge is 2.31. The number of fused-ring (bicyclic) bond motifs is 1. The highest BCUT2D eigenvalue weighted by Crippen LogP contribution is 2.38. The van der Waals surface area contributed by atoms with Crippen molar-refractivity contribution in [1.82, 2.24) is 14.8 Å². The van der Waals surface area contributed by atoms with E-state index in [1.54, 1.807) is 14.2 Å². The first kappa shape index (κ1) is 18.3. The third kappa shape index (κ3) is 3.44. The maximum absolute atomic E-state index is 6.03. The third-order valence-electron chi connectivity index (χ3n) is 5.95. The van der Waals surface area contributed by atoms with E-state index in [1.807, 2.05) is 26.0 Å². The minimum atomic E-state index is 0.615. The minimum Gasteiger partial charge on any atom is -0.496 e. The molecule has 1 atom stereocenters. The second-order valence-corrected chi connectivity index (χ2v) is 7.56. The van der Waals surface area contributed by atoms with E-state index in [0.717, 1.165) is 59.8 Å². The molecule has 1 aromatic carbocycles. The van der Waals surface area contributed by atoms with Gasteiger partial charge in [-0.05, 0) is 45.4 Å². The Bertz CT molecular complexity index is 817. The maximum Gasteiger partial charge on any atom is 0.230 e. The molecule has 27 heavy (non-hydrogen) atoms. The van der Waals surface area contributed by atoms with Crippen LogP contribution in [0.15, 0.2) is 16.5 Å². The Balaban J connectivity index is 1.56. The summed E-state index contributed by atoms with van der Waals surface area (Å²) < 4.78 is 17.1. The Kier molecular flexibility index (Phi) is 5.10. The summed E-state index contributed by atoms with van der Waals surface area (Å²) in [6.45, 7) is 9.49. The van der Waals surface area contributed by atoms with Crippen molar-refractivity contribution < 1.29 is 13.9 Å². The average molecular weight is 371 g/mol. The van der Waals surface area contributed by atoms with Crippen molar-refractivity contribution in [2.75, 3.05) is 40.4 Å². The number of methoxy groups -OCH3 is 2. The SMILES string of the molecule is COc1ccc(-c2nc(CN3CCN4CCC[C@H]4C3)c(C)o2)c(OC)c1C. The van der Waals surface area contributed by atoms with Gasteiger partial charge in [0.25, 0.3) is 0 Å². The molecule has 0 spiro atoms. The van der Waals surface area contributed by atoms with Gasteiger partial charge in [0.05, 0.1) is 25.5 Å². The zero-order valence-corrected chi connectivity index (χ0v) is 16.7. The fourth-order valence-corrected chi connectivity index (χ4v) is 4.43. The zero-order chi connectivity index (χ0) is 19.0. The number of benzene rings is 1. The van der Waals surface area contributed by atoms with Crippen molar-refractivity contribution in [3.63, 3.8) is 0 Å². The summed E-state index contributed by atoms with van der Waals surface area (Å²) in [4.78, 5) is 9.96. The fourth-order valence-electron chi connectivity index (χ4n) is 4.43. The van der Waals surface area contributed by atoms with E-state index in [0.29, 0.717) is 5.89 Å². The summed E-state index contributed by atoms with van der Waals surface area (Å²) in [7, 11) is 3.34.